The van der Waals surface area contributed by atoms with Crippen LogP contribution in [-0.4, -0.2) is 11.6 Å². The molecule has 0 spiro atoms. The number of allylic oxidation sites excluding steroid dienone is 26. The SMILES string of the molecule is C#CC1=CCCC=C1.CC.CC.CC1=CCCC=C1.CC1=CCCCC1.Cc1ccc(C2=C(C3=CCCC=C3)C(=O)C(C3=CC=C=C=C3)=C2c2ccc(Oc3ccc(C4=C(c5ccccc5)C(=O)C(c5ccccc5)=C4c4cc(C)cc(C)c4)cc3)cc2)cc1. The normalized spacial score (nSPS) is 16.1. The Morgan fingerprint density at radius 2 is 0.889 bits per heavy atom. The van der Waals surface area contributed by atoms with E-state index < -0.39 is 0 Å². The molecule has 3 heteroatoms. The summed E-state index contributed by atoms with van der Waals surface area (Å²) in [6.45, 7) is 18.6. The van der Waals surface area contributed by atoms with Crippen LogP contribution in [0.15, 0.2) is 281 Å². The summed E-state index contributed by atoms with van der Waals surface area (Å²) in [5, 5.41) is 0. The lowest BCUT2D eigenvalue weighted by atomic mass is 9.88. The Morgan fingerprint density at radius 3 is 1.30 bits per heavy atom. The monoisotopic (exact) mass is 1180 g/mol. The molecule has 90 heavy (non-hydrogen) atoms. The number of aryl methyl sites for hydroxylation is 3. The number of ether oxygens (including phenoxy) is 1. The summed E-state index contributed by atoms with van der Waals surface area (Å²) in [7, 11) is 0. The molecule has 0 aliphatic heterocycles. The predicted molar refractivity (Wildman–Crippen MR) is 383 cm³/mol. The van der Waals surface area contributed by atoms with Crippen LogP contribution >= 0.6 is 0 Å². The highest BCUT2D eigenvalue weighted by atomic mass is 16.5. The van der Waals surface area contributed by atoms with Crippen molar-refractivity contribution in [2.45, 2.75) is 127 Å². The number of carbonyl (C=O) groups excluding carboxylic acids is 2. The molecule has 0 saturated heterocycles. The number of Topliss-reactive ketones (excluding diaryl/α,β-unsaturated/α-hetero) is 2. The van der Waals surface area contributed by atoms with Gasteiger partial charge in [-0.25, -0.2) is 0 Å². The first-order valence-corrected chi connectivity index (χ1v) is 32.3. The third kappa shape index (κ3) is 16.9. The lowest BCUT2D eigenvalue weighted by Crippen LogP contribution is -2.07. The van der Waals surface area contributed by atoms with Crippen LogP contribution in [0, 0.1) is 33.1 Å². The molecule has 0 N–H and O–H groups in total. The molecule has 6 aromatic rings. The summed E-state index contributed by atoms with van der Waals surface area (Å²) in [6, 6.07) is 51.0. The van der Waals surface area contributed by atoms with Crippen LogP contribution in [0.5, 0.6) is 11.5 Å². The van der Waals surface area contributed by atoms with E-state index in [1.54, 1.807) is 5.57 Å². The van der Waals surface area contributed by atoms with Crippen LogP contribution in [-0.2, 0) is 9.59 Å². The third-order valence-electron chi connectivity index (χ3n) is 16.0. The van der Waals surface area contributed by atoms with Gasteiger partial charge in [0.15, 0.2) is 11.6 Å². The fourth-order valence-electron chi connectivity index (χ4n) is 11.8. The minimum Gasteiger partial charge on any atom is -0.457 e. The Labute approximate surface area is 537 Å². The van der Waals surface area contributed by atoms with Gasteiger partial charge in [0.25, 0.3) is 0 Å². The van der Waals surface area contributed by atoms with E-state index in [2.05, 4.69) is 161 Å². The molecule has 0 amide bonds. The van der Waals surface area contributed by atoms with Crippen molar-refractivity contribution >= 4 is 45.0 Å². The number of terminal acetylenes is 1. The van der Waals surface area contributed by atoms with Gasteiger partial charge in [0.2, 0.25) is 0 Å². The molecule has 0 bridgehead atoms. The quantitative estimate of drug-likeness (QED) is 0.0780. The summed E-state index contributed by atoms with van der Waals surface area (Å²) in [6.07, 6.45) is 44.4. The standard InChI is InChI=1S/C61H44O3.C8H8.C7H12.C7H10.2C2H6/c1-39-24-26-46(27-25-39)52-53(57(43-18-10-5-11-19-43)60(62)56(52)42-16-8-4-9-17-42)47-28-32-50(33-29-47)64-51-34-30-48(31-35-51)54-55(49-37-40(2)36-41(3)38-49)59(45-22-14-7-15-23-45)61(63)58(54)44-20-12-6-13-21-44;1-2-8-6-4-3-5-7-8;2*1-7-5-3-2-4-6-7;2*1-2/h6-8,10,12-38H,4,9H2,1-3H3;1,4,6-7H,3,5H2;5H,2-4,6H2,1H3;3,5-6H,2,4H2,1H3;2*1-2H3. The molecule has 0 aromatic heterocycles. The van der Waals surface area contributed by atoms with Crippen molar-refractivity contribution in [1.82, 2.24) is 0 Å². The van der Waals surface area contributed by atoms with Crippen LogP contribution in [0.4, 0.5) is 0 Å². The van der Waals surface area contributed by atoms with Gasteiger partial charge in [-0.15, -0.1) is 6.42 Å². The second kappa shape index (κ2) is 33.5. The Hall–Kier alpha value is -9.80. The van der Waals surface area contributed by atoms with Gasteiger partial charge >= 0.3 is 0 Å². The molecule has 13 rings (SSSR count). The Bertz CT molecular complexity index is 4080. The molecular formula is C87H86O3. The Morgan fingerprint density at radius 1 is 0.411 bits per heavy atom. The van der Waals surface area contributed by atoms with Crippen LogP contribution in [0.1, 0.15) is 156 Å². The molecule has 0 atom stereocenters. The van der Waals surface area contributed by atoms with E-state index in [9.17, 15) is 9.59 Å². The van der Waals surface area contributed by atoms with E-state index in [0.29, 0.717) is 28.2 Å². The molecule has 0 unspecified atom stereocenters. The lowest BCUT2D eigenvalue weighted by molar-refractivity contribution is -0.111. The molecule has 0 radical (unpaired) electrons. The van der Waals surface area contributed by atoms with Gasteiger partial charge in [0.05, 0.1) is 0 Å². The van der Waals surface area contributed by atoms with E-state index in [1.165, 1.54) is 44.1 Å². The van der Waals surface area contributed by atoms with E-state index in [4.69, 9.17) is 11.2 Å². The van der Waals surface area contributed by atoms with Crippen molar-refractivity contribution in [3.05, 3.63) is 331 Å². The van der Waals surface area contributed by atoms with Crippen molar-refractivity contribution in [1.29, 1.82) is 0 Å². The fourth-order valence-corrected chi connectivity index (χ4v) is 11.8. The number of rotatable bonds is 10. The number of benzene rings is 6. The largest absolute Gasteiger partial charge is 0.457 e. The van der Waals surface area contributed by atoms with Crippen LogP contribution in [0.2, 0.25) is 0 Å². The maximum absolute atomic E-state index is 14.8. The molecule has 7 aliphatic carbocycles. The van der Waals surface area contributed by atoms with Crippen LogP contribution < -0.4 is 4.74 Å². The van der Waals surface area contributed by atoms with Crippen LogP contribution in [0.25, 0.3) is 33.4 Å². The molecule has 0 saturated carbocycles. The lowest BCUT2D eigenvalue weighted by Gasteiger charge is -2.16. The number of ketones is 2. The minimum absolute atomic E-state index is 0.00400. The highest BCUT2D eigenvalue weighted by Crippen LogP contribution is 2.51. The molecule has 0 fully saturated rings. The molecule has 7 aliphatic rings. The summed E-state index contributed by atoms with van der Waals surface area (Å²) in [5.74, 6) is 3.91. The van der Waals surface area contributed by atoms with Gasteiger partial charge in [0, 0.05) is 50.2 Å². The van der Waals surface area contributed by atoms with Gasteiger partial charge in [-0.2, -0.15) is 0 Å². The predicted octanol–water partition coefficient (Wildman–Crippen LogP) is 23.1. The zero-order chi connectivity index (χ0) is 63.8. The van der Waals surface area contributed by atoms with E-state index in [1.807, 2.05) is 149 Å². The number of hydrogen-bond donors (Lipinski definition) is 0. The van der Waals surface area contributed by atoms with Crippen molar-refractivity contribution in [2.24, 2.45) is 0 Å². The molecule has 3 nitrogen and oxygen atoms in total. The Kier molecular flexibility index (Phi) is 24.6. The maximum atomic E-state index is 14.8. The minimum atomic E-state index is 0.00400. The number of carbonyl (C=O) groups is 2. The first-order chi connectivity index (χ1) is 44.0. The fraction of sp³-hybridized carbons (Fsp3) is 0.218. The summed E-state index contributed by atoms with van der Waals surface area (Å²) in [4.78, 5) is 29.6. The van der Waals surface area contributed by atoms with E-state index >= 15 is 0 Å². The zero-order valence-corrected chi connectivity index (χ0v) is 54.3. The second-order valence-electron chi connectivity index (χ2n) is 22.7. The van der Waals surface area contributed by atoms with Gasteiger partial charge < -0.3 is 4.74 Å². The Balaban J connectivity index is 0.000000334. The molecular weight excluding hydrogens is 1090 g/mol. The summed E-state index contributed by atoms with van der Waals surface area (Å²) < 4.78 is 6.54. The highest BCUT2D eigenvalue weighted by Gasteiger charge is 2.38. The first-order valence-electron chi connectivity index (χ1n) is 32.3. The van der Waals surface area contributed by atoms with Crippen LogP contribution in [0.3, 0.4) is 0 Å². The van der Waals surface area contributed by atoms with Crippen molar-refractivity contribution in [3.8, 4) is 23.8 Å². The molecule has 452 valence electrons. The second-order valence-corrected chi connectivity index (χ2v) is 22.7. The summed E-state index contributed by atoms with van der Waals surface area (Å²) in [5.41, 5.74) is 27.3. The maximum Gasteiger partial charge on any atom is 0.195 e. The highest BCUT2D eigenvalue weighted by molar-refractivity contribution is 6.59. The smallest absolute Gasteiger partial charge is 0.195 e. The van der Waals surface area contributed by atoms with Crippen molar-refractivity contribution < 1.29 is 14.3 Å². The average Bonchev–Trinajstić information content (AvgIpc) is 1.60. The van der Waals surface area contributed by atoms with E-state index in [-0.39, 0.29) is 11.6 Å². The van der Waals surface area contributed by atoms with Crippen molar-refractivity contribution in [3.63, 3.8) is 0 Å². The zero-order valence-electron chi connectivity index (χ0n) is 54.3. The number of hydrogen-bond acceptors (Lipinski definition) is 3. The molecule has 6 aromatic carbocycles. The topological polar surface area (TPSA) is 43.4 Å². The summed E-state index contributed by atoms with van der Waals surface area (Å²) >= 11 is 0. The van der Waals surface area contributed by atoms with Gasteiger partial charge in [0.1, 0.15) is 11.5 Å². The van der Waals surface area contributed by atoms with Gasteiger partial charge in [-0.3, -0.25) is 9.59 Å². The average molecular weight is 1180 g/mol. The van der Waals surface area contributed by atoms with Gasteiger partial charge in [-0.1, -0.05) is 261 Å². The first kappa shape index (κ1) is 66.2. The van der Waals surface area contributed by atoms with E-state index in [0.717, 1.165) is 120 Å². The van der Waals surface area contributed by atoms with Crippen molar-refractivity contribution in [2.75, 3.05) is 0 Å². The third-order valence-corrected chi connectivity index (χ3v) is 16.0. The van der Waals surface area contributed by atoms with Gasteiger partial charge in [-0.05, 0) is 186 Å². The molecule has 0 heterocycles.